The van der Waals surface area contributed by atoms with Crippen LogP contribution >= 0.6 is 0 Å². The first-order chi connectivity index (χ1) is 28.2. The molecular weight excluding hydrogens is 695 g/mol. The average Bonchev–Trinajstić information content (AvgIpc) is 3.81. The number of para-hydroxylation sites is 3. The van der Waals surface area contributed by atoms with E-state index in [2.05, 4.69) is 205 Å². The minimum atomic E-state index is 0.360. The van der Waals surface area contributed by atoms with Crippen molar-refractivity contribution >= 4 is 54.8 Å². The van der Waals surface area contributed by atoms with Gasteiger partial charge in [0.2, 0.25) is 5.95 Å². The number of hydrogen-bond acceptors (Lipinski definition) is 3. The number of hydrogen-bond donors (Lipinski definition) is 0. The highest BCUT2D eigenvalue weighted by Crippen LogP contribution is 2.41. The van der Waals surface area contributed by atoms with E-state index in [-0.39, 0.29) is 0 Å². The summed E-state index contributed by atoms with van der Waals surface area (Å²) in [5.74, 6) is 2.26. The van der Waals surface area contributed by atoms with E-state index in [0.29, 0.717) is 23.5 Å². The highest BCUT2D eigenvalue weighted by atomic mass is 15.2. The molecule has 0 aliphatic heterocycles. The van der Waals surface area contributed by atoms with Gasteiger partial charge < -0.3 is 4.57 Å². The third kappa shape index (κ3) is 6.09. The van der Waals surface area contributed by atoms with Crippen LogP contribution in [0.2, 0.25) is 0 Å². The summed E-state index contributed by atoms with van der Waals surface area (Å²) < 4.78 is 4.67. The third-order valence-electron chi connectivity index (χ3n) is 11.3. The zero-order chi connectivity index (χ0) is 38.3. The molecule has 0 radical (unpaired) electrons. The molecule has 3 aromatic heterocycles. The van der Waals surface area contributed by atoms with Crippen molar-refractivity contribution in [3.8, 4) is 23.0 Å². The molecule has 1 aliphatic rings. The van der Waals surface area contributed by atoms with E-state index in [4.69, 9.17) is 15.0 Å². The molecular formula is C52H41N5. The van der Waals surface area contributed by atoms with Crippen molar-refractivity contribution in [3.05, 3.63) is 199 Å². The topological polar surface area (TPSA) is 48.5 Å². The van der Waals surface area contributed by atoms with E-state index in [1.165, 1.54) is 27.5 Å². The molecule has 0 spiro atoms. The van der Waals surface area contributed by atoms with Gasteiger partial charge in [0, 0.05) is 38.7 Å². The fourth-order valence-electron chi connectivity index (χ4n) is 8.37. The van der Waals surface area contributed by atoms with Crippen molar-refractivity contribution in [1.29, 1.82) is 0 Å². The first kappa shape index (κ1) is 34.4. The summed E-state index contributed by atoms with van der Waals surface area (Å²) in [7, 11) is 0. The van der Waals surface area contributed by atoms with E-state index in [1.807, 2.05) is 0 Å². The van der Waals surface area contributed by atoms with Gasteiger partial charge in [-0.05, 0) is 66.3 Å². The molecule has 1 aliphatic carbocycles. The molecule has 6 aromatic carbocycles. The number of fused-ring (bicyclic) bond motifs is 7. The molecule has 3 heterocycles. The normalized spacial score (nSPS) is 14.7. The molecule has 57 heavy (non-hydrogen) atoms. The monoisotopic (exact) mass is 735 g/mol. The van der Waals surface area contributed by atoms with E-state index in [0.717, 1.165) is 62.5 Å². The van der Waals surface area contributed by atoms with Crippen LogP contribution in [0.15, 0.2) is 182 Å². The lowest BCUT2D eigenvalue weighted by Crippen LogP contribution is -2.09. The maximum absolute atomic E-state index is 5.39. The van der Waals surface area contributed by atoms with Gasteiger partial charge in [-0.15, -0.1) is 0 Å². The molecule has 10 rings (SSSR count). The van der Waals surface area contributed by atoms with Gasteiger partial charge in [0.25, 0.3) is 0 Å². The molecule has 0 fully saturated rings. The molecule has 0 saturated heterocycles. The number of nitrogens with zero attached hydrogens (tertiary/aromatic N) is 5. The van der Waals surface area contributed by atoms with Gasteiger partial charge in [-0.25, -0.2) is 4.98 Å². The van der Waals surface area contributed by atoms with E-state index in [1.54, 1.807) is 0 Å². The Labute approximate surface area is 332 Å². The summed E-state index contributed by atoms with van der Waals surface area (Å²) in [6.45, 7) is 4.32. The molecule has 5 heteroatoms. The standard InChI is InChI=1S/C52H41N5/c1-3-36(28-27-35(2)37-17-7-4-8-18-37)50-53-51(40-31-29-39(30-32-40)38-19-9-5-10-20-38)55-52(54-50)57-47-26-16-14-24-43(47)45-34-33-44-42-23-13-15-25-46(42)56(48(44)49(45)57)41-21-11-6-12-22-41/h4-19,21-34,38H,3,20H2,1-2H3/b35-27+,36-28+. The van der Waals surface area contributed by atoms with Crippen LogP contribution in [0.1, 0.15) is 49.6 Å². The Bertz CT molecular complexity index is 3070. The second-order valence-corrected chi connectivity index (χ2v) is 14.7. The van der Waals surface area contributed by atoms with Crippen LogP contribution in [-0.4, -0.2) is 24.1 Å². The van der Waals surface area contributed by atoms with Crippen molar-refractivity contribution in [3.63, 3.8) is 0 Å². The first-order valence-corrected chi connectivity index (χ1v) is 19.8. The Morgan fingerprint density at radius 3 is 1.91 bits per heavy atom. The lowest BCUT2D eigenvalue weighted by molar-refractivity contribution is 0.853. The number of allylic oxidation sites excluding steroid dienone is 8. The van der Waals surface area contributed by atoms with Gasteiger partial charge in [-0.3, -0.25) is 4.57 Å². The predicted molar refractivity (Wildman–Crippen MR) is 238 cm³/mol. The fourth-order valence-corrected chi connectivity index (χ4v) is 8.37. The minimum absolute atomic E-state index is 0.360. The largest absolute Gasteiger partial charge is 0.307 e. The van der Waals surface area contributed by atoms with Crippen LogP contribution in [-0.2, 0) is 0 Å². The second kappa shape index (κ2) is 14.5. The van der Waals surface area contributed by atoms with Gasteiger partial charge in [0.15, 0.2) is 11.6 Å². The van der Waals surface area contributed by atoms with Gasteiger partial charge in [-0.1, -0.05) is 165 Å². The fraction of sp³-hybridized carbons (Fsp3) is 0.0962. The van der Waals surface area contributed by atoms with Crippen molar-refractivity contribution in [2.45, 2.75) is 32.6 Å². The van der Waals surface area contributed by atoms with Gasteiger partial charge >= 0.3 is 0 Å². The molecule has 5 nitrogen and oxygen atoms in total. The molecule has 0 bridgehead atoms. The Kier molecular flexibility index (Phi) is 8.76. The summed E-state index contributed by atoms with van der Waals surface area (Å²) in [6.07, 6.45) is 14.9. The smallest absolute Gasteiger partial charge is 0.238 e. The lowest BCUT2D eigenvalue weighted by Gasteiger charge is -2.15. The summed E-state index contributed by atoms with van der Waals surface area (Å²) >= 11 is 0. The maximum atomic E-state index is 5.39. The molecule has 1 atom stereocenters. The van der Waals surface area contributed by atoms with Crippen LogP contribution in [0.4, 0.5) is 0 Å². The predicted octanol–water partition coefficient (Wildman–Crippen LogP) is 13.2. The quantitative estimate of drug-likeness (QED) is 0.146. The Morgan fingerprint density at radius 2 is 1.25 bits per heavy atom. The maximum Gasteiger partial charge on any atom is 0.238 e. The van der Waals surface area contributed by atoms with Crippen molar-refractivity contribution < 1.29 is 0 Å². The average molecular weight is 736 g/mol. The summed E-state index contributed by atoms with van der Waals surface area (Å²) in [5, 5.41) is 4.67. The van der Waals surface area contributed by atoms with Crippen molar-refractivity contribution in [2.75, 3.05) is 0 Å². The molecule has 0 N–H and O–H groups in total. The van der Waals surface area contributed by atoms with Crippen LogP contribution in [0, 0.1) is 0 Å². The molecule has 9 aromatic rings. The highest BCUT2D eigenvalue weighted by Gasteiger charge is 2.23. The summed E-state index contributed by atoms with van der Waals surface area (Å²) in [5.41, 5.74) is 11.1. The zero-order valence-corrected chi connectivity index (χ0v) is 32.0. The third-order valence-corrected chi connectivity index (χ3v) is 11.3. The van der Waals surface area contributed by atoms with Crippen LogP contribution in [0.5, 0.6) is 0 Å². The number of benzene rings is 6. The van der Waals surface area contributed by atoms with E-state index in [9.17, 15) is 0 Å². The first-order valence-electron chi connectivity index (χ1n) is 19.8. The summed E-state index contributed by atoms with van der Waals surface area (Å²) in [6, 6.07) is 51.8. The SMILES string of the molecule is CC/C(=C\C=C(/C)c1ccccc1)c1nc(-c2ccc(C3C=CC=CC3)cc2)nc(-n2c3ccccc3c3ccc4c5ccccc5n(-c5ccccc5)c4c32)n1. The number of rotatable bonds is 8. The van der Waals surface area contributed by atoms with Crippen LogP contribution in [0.3, 0.4) is 0 Å². The number of aromatic nitrogens is 5. The van der Waals surface area contributed by atoms with Crippen LogP contribution < -0.4 is 0 Å². The molecule has 0 saturated carbocycles. The second-order valence-electron chi connectivity index (χ2n) is 14.7. The molecule has 274 valence electrons. The lowest BCUT2D eigenvalue weighted by atomic mass is 9.92. The van der Waals surface area contributed by atoms with Crippen molar-refractivity contribution in [1.82, 2.24) is 24.1 Å². The Hall–Kier alpha value is -7.11. The van der Waals surface area contributed by atoms with Crippen molar-refractivity contribution in [2.24, 2.45) is 0 Å². The van der Waals surface area contributed by atoms with E-state index < -0.39 is 0 Å². The van der Waals surface area contributed by atoms with Gasteiger partial charge in [-0.2, -0.15) is 9.97 Å². The zero-order valence-electron chi connectivity index (χ0n) is 32.0. The van der Waals surface area contributed by atoms with Crippen LogP contribution in [0.25, 0.3) is 77.8 Å². The molecule has 0 amide bonds. The highest BCUT2D eigenvalue weighted by molar-refractivity contribution is 6.23. The van der Waals surface area contributed by atoms with Gasteiger partial charge in [0.05, 0.1) is 22.1 Å². The molecule has 1 unspecified atom stereocenters. The minimum Gasteiger partial charge on any atom is -0.307 e. The Morgan fingerprint density at radius 1 is 0.614 bits per heavy atom. The summed E-state index contributed by atoms with van der Waals surface area (Å²) in [4.78, 5) is 16.0. The van der Waals surface area contributed by atoms with Gasteiger partial charge in [0.1, 0.15) is 0 Å². The Balaban J connectivity index is 1.26. The van der Waals surface area contributed by atoms with E-state index >= 15 is 0 Å².